The van der Waals surface area contributed by atoms with Gasteiger partial charge in [-0.3, -0.25) is 4.79 Å². The Morgan fingerprint density at radius 1 is 0.788 bits per heavy atom. The average Bonchev–Trinajstić information content (AvgIpc) is 2.81. The third-order valence-corrected chi connectivity index (χ3v) is 4.61. The molecule has 1 N–H and O–H groups in total. The largest absolute Gasteiger partial charge is 0.508 e. The second kappa shape index (κ2) is 23.8. The number of esters is 1. The highest BCUT2D eigenvalue weighted by atomic mass is 16.5. The molecule has 0 saturated carbocycles. The molecule has 3 heteroatoms. The van der Waals surface area contributed by atoms with Crippen molar-refractivity contribution >= 4 is 5.97 Å². The molecule has 182 valence electrons. The van der Waals surface area contributed by atoms with Crippen LogP contribution in [-0.2, 0) is 9.53 Å². The van der Waals surface area contributed by atoms with Crippen molar-refractivity contribution in [2.24, 2.45) is 0 Å². The van der Waals surface area contributed by atoms with Crippen LogP contribution in [0.5, 0.6) is 0 Å². The molecule has 0 spiro atoms. The Morgan fingerprint density at radius 2 is 1.33 bits per heavy atom. The van der Waals surface area contributed by atoms with Gasteiger partial charge >= 0.3 is 5.97 Å². The highest BCUT2D eigenvalue weighted by Gasteiger charge is 2.01. The van der Waals surface area contributed by atoms with E-state index in [4.69, 9.17) is 4.74 Å². The Kier molecular flexibility index (Phi) is 21.8. The quantitative estimate of drug-likeness (QED) is 0.0700. The fraction of sp³-hybridized carbons (Fsp3) is 0.433. The van der Waals surface area contributed by atoms with Crippen LogP contribution in [0.25, 0.3) is 0 Å². The lowest BCUT2D eigenvalue weighted by Gasteiger charge is -2.04. The molecule has 3 nitrogen and oxygen atoms in total. The molecular weight excluding hydrogens is 408 g/mol. The smallest absolute Gasteiger partial charge is 0.305 e. The lowest BCUT2D eigenvalue weighted by atomic mass is 10.2. The zero-order valence-corrected chi connectivity index (χ0v) is 20.8. The van der Waals surface area contributed by atoms with Crippen molar-refractivity contribution in [2.75, 3.05) is 6.61 Å². The van der Waals surface area contributed by atoms with Crippen LogP contribution in [0.1, 0.15) is 78.1 Å². The van der Waals surface area contributed by atoms with Crippen LogP contribution in [0.15, 0.2) is 96.9 Å². The summed E-state index contributed by atoms with van der Waals surface area (Å²) >= 11 is 0. The standard InChI is InChI=1S/C30H44O3/c1-4-6-7-8-9-10-11-12-13-14-15-16-17-18-19-20-21-22-23-30(32)33-27-26-28(3)24-25-29(31)5-2/h5-7,9-10,13-14,16-17,19-20,24-25,31H,3-4,8,11-12,15,18,21-23,26-27H2,1-2H3/b7-6+,10-9+,14-13+,17-16+,20-19+,25-24-,29-5+. The summed E-state index contributed by atoms with van der Waals surface area (Å²) in [4.78, 5) is 11.7. The van der Waals surface area contributed by atoms with Gasteiger partial charge in [-0.15, -0.1) is 0 Å². The Hall–Kier alpha value is -2.81. The Balaban J connectivity index is 3.63. The van der Waals surface area contributed by atoms with Gasteiger partial charge in [-0.25, -0.2) is 0 Å². The Bertz CT molecular complexity index is 715. The highest BCUT2D eigenvalue weighted by Crippen LogP contribution is 2.05. The van der Waals surface area contributed by atoms with Crippen LogP contribution in [0, 0.1) is 0 Å². The lowest BCUT2D eigenvalue weighted by Crippen LogP contribution is -2.05. The third-order valence-electron chi connectivity index (χ3n) is 4.61. The molecule has 0 heterocycles. The number of allylic oxidation sites excluding steroid dienone is 13. The molecule has 0 aromatic carbocycles. The number of unbranched alkanes of at least 4 members (excludes halogenated alkanes) is 2. The van der Waals surface area contributed by atoms with Gasteiger partial charge in [0.25, 0.3) is 0 Å². The zero-order chi connectivity index (χ0) is 24.4. The zero-order valence-electron chi connectivity index (χ0n) is 20.8. The molecule has 0 aromatic heterocycles. The van der Waals surface area contributed by atoms with Crippen molar-refractivity contribution in [1.82, 2.24) is 0 Å². The van der Waals surface area contributed by atoms with E-state index in [-0.39, 0.29) is 11.7 Å². The lowest BCUT2D eigenvalue weighted by molar-refractivity contribution is -0.143. The van der Waals surface area contributed by atoms with E-state index in [2.05, 4.69) is 74.3 Å². The van der Waals surface area contributed by atoms with Gasteiger partial charge in [0.2, 0.25) is 0 Å². The van der Waals surface area contributed by atoms with E-state index in [1.165, 1.54) is 0 Å². The number of carbonyl (C=O) groups is 1. The van der Waals surface area contributed by atoms with E-state index < -0.39 is 0 Å². The van der Waals surface area contributed by atoms with Crippen LogP contribution < -0.4 is 0 Å². The van der Waals surface area contributed by atoms with Gasteiger partial charge in [-0.05, 0) is 70.4 Å². The SMILES string of the molecule is C=C(/C=C\C(O)=C/C)CCOC(=O)CCC/C=C/C/C=C/C/C=C/CC/C=C/C/C=C/CC. The topological polar surface area (TPSA) is 46.5 Å². The van der Waals surface area contributed by atoms with Crippen LogP contribution in [0.3, 0.4) is 0 Å². The van der Waals surface area contributed by atoms with Crippen molar-refractivity contribution in [3.8, 4) is 0 Å². The number of aliphatic hydroxyl groups is 1. The minimum atomic E-state index is -0.174. The van der Waals surface area contributed by atoms with Gasteiger partial charge in [-0.1, -0.05) is 85.9 Å². The number of ether oxygens (including phenoxy) is 1. The first-order valence-corrected chi connectivity index (χ1v) is 12.2. The van der Waals surface area contributed by atoms with Crippen LogP contribution >= 0.6 is 0 Å². The van der Waals surface area contributed by atoms with Gasteiger partial charge in [0.15, 0.2) is 0 Å². The van der Waals surface area contributed by atoms with Crippen molar-refractivity contribution in [3.05, 3.63) is 96.9 Å². The molecule has 0 aliphatic heterocycles. The van der Waals surface area contributed by atoms with E-state index in [1.54, 1.807) is 25.2 Å². The maximum absolute atomic E-state index is 11.7. The molecular formula is C30H44O3. The van der Waals surface area contributed by atoms with E-state index in [0.29, 0.717) is 19.4 Å². The summed E-state index contributed by atoms with van der Waals surface area (Å²) in [6.07, 6.45) is 35.8. The van der Waals surface area contributed by atoms with E-state index in [9.17, 15) is 9.90 Å². The summed E-state index contributed by atoms with van der Waals surface area (Å²) in [5.74, 6) is 0.0193. The van der Waals surface area contributed by atoms with Crippen LogP contribution in [-0.4, -0.2) is 17.7 Å². The maximum Gasteiger partial charge on any atom is 0.305 e. The Morgan fingerprint density at radius 3 is 1.91 bits per heavy atom. The molecule has 0 amide bonds. The second-order valence-corrected chi connectivity index (χ2v) is 7.62. The first kappa shape index (κ1) is 30.2. The van der Waals surface area contributed by atoms with Gasteiger partial charge in [0, 0.05) is 12.8 Å². The molecule has 0 atom stereocenters. The number of hydrogen-bond acceptors (Lipinski definition) is 3. The van der Waals surface area contributed by atoms with E-state index in [0.717, 1.165) is 56.9 Å². The van der Waals surface area contributed by atoms with E-state index in [1.807, 2.05) is 0 Å². The molecule has 0 fully saturated rings. The van der Waals surface area contributed by atoms with Gasteiger partial charge in [0.05, 0.1) is 6.61 Å². The average molecular weight is 453 g/mol. The molecule has 0 aromatic rings. The van der Waals surface area contributed by atoms with Gasteiger partial charge in [-0.2, -0.15) is 0 Å². The first-order chi connectivity index (χ1) is 16.1. The molecule has 0 rings (SSSR count). The normalized spacial score (nSPS) is 13.1. The van der Waals surface area contributed by atoms with Crippen molar-refractivity contribution in [1.29, 1.82) is 0 Å². The minimum Gasteiger partial charge on any atom is -0.508 e. The summed E-state index contributed by atoms with van der Waals surface area (Å²) in [7, 11) is 0. The monoisotopic (exact) mass is 452 g/mol. The first-order valence-electron chi connectivity index (χ1n) is 12.2. The molecule has 0 aliphatic rings. The number of rotatable bonds is 19. The maximum atomic E-state index is 11.7. The van der Waals surface area contributed by atoms with Crippen LogP contribution in [0.4, 0.5) is 0 Å². The number of aliphatic hydroxyl groups excluding tert-OH is 1. The van der Waals surface area contributed by atoms with E-state index >= 15 is 0 Å². The minimum absolute atomic E-state index is 0.174. The fourth-order valence-electron chi connectivity index (χ4n) is 2.64. The van der Waals surface area contributed by atoms with Gasteiger partial charge < -0.3 is 9.84 Å². The van der Waals surface area contributed by atoms with Crippen molar-refractivity contribution in [2.45, 2.75) is 78.1 Å². The molecule has 0 saturated heterocycles. The van der Waals surface area contributed by atoms with Crippen LogP contribution in [0.2, 0.25) is 0 Å². The predicted octanol–water partition coefficient (Wildman–Crippen LogP) is 8.81. The molecule has 0 aliphatic carbocycles. The molecule has 0 bridgehead atoms. The Labute approximate surface area is 202 Å². The van der Waals surface area contributed by atoms with Crippen molar-refractivity contribution < 1.29 is 14.6 Å². The highest BCUT2D eigenvalue weighted by molar-refractivity contribution is 5.69. The van der Waals surface area contributed by atoms with Gasteiger partial charge in [0.1, 0.15) is 5.76 Å². The predicted molar refractivity (Wildman–Crippen MR) is 143 cm³/mol. The summed E-state index contributed by atoms with van der Waals surface area (Å²) in [5, 5.41) is 9.33. The summed E-state index contributed by atoms with van der Waals surface area (Å²) in [6, 6.07) is 0. The van der Waals surface area contributed by atoms with Crippen molar-refractivity contribution in [3.63, 3.8) is 0 Å². The molecule has 0 unspecified atom stereocenters. The summed E-state index contributed by atoms with van der Waals surface area (Å²) < 4.78 is 5.22. The summed E-state index contributed by atoms with van der Waals surface area (Å²) in [6.45, 7) is 8.10. The number of hydrogen-bond donors (Lipinski definition) is 1. The third kappa shape index (κ3) is 23.7. The fourth-order valence-corrected chi connectivity index (χ4v) is 2.64. The summed E-state index contributed by atoms with van der Waals surface area (Å²) in [5.41, 5.74) is 0.811. The molecule has 33 heavy (non-hydrogen) atoms. The number of carbonyl (C=O) groups excluding carboxylic acids is 1. The second-order valence-electron chi connectivity index (χ2n) is 7.62. The molecule has 0 radical (unpaired) electrons.